The van der Waals surface area contributed by atoms with Crippen molar-refractivity contribution in [3.05, 3.63) is 51.3 Å². The number of hydrogen-bond donors (Lipinski definition) is 1. The van der Waals surface area contributed by atoms with E-state index in [0.29, 0.717) is 14.9 Å². The lowest BCUT2D eigenvalue weighted by atomic mass is 10.2. The summed E-state index contributed by atoms with van der Waals surface area (Å²) in [7, 11) is 0. The molecule has 96 valence electrons. The Kier molecular flexibility index (Phi) is 2.84. The Balaban J connectivity index is 2.25. The van der Waals surface area contributed by atoms with Crippen LogP contribution in [0.2, 0.25) is 4.34 Å². The average molecular weight is 291 g/mol. The fourth-order valence-corrected chi connectivity index (χ4v) is 3.17. The molecule has 0 bridgehead atoms. The number of hydrogen-bond acceptors (Lipinski definition) is 3. The molecule has 1 aromatic carbocycles. The highest BCUT2D eigenvalue weighted by Crippen LogP contribution is 2.30. The molecular formula is C14H11ClN2OS. The molecule has 0 atom stereocenters. The van der Waals surface area contributed by atoms with Crippen LogP contribution < -0.4 is 5.73 Å². The standard InChI is InChI=1S/C14H11ClN2OS/c1-8-13(16)9-4-2-3-5-10(9)17(8)14(18)11-6-7-12(15)19-11/h2-7H,16H2,1H3. The zero-order chi connectivity index (χ0) is 13.6. The lowest BCUT2D eigenvalue weighted by Gasteiger charge is -2.04. The predicted octanol–water partition coefficient (Wildman–Crippen LogP) is 3.94. The van der Waals surface area contributed by atoms with Crippen LogP contribution in [-0.4, -0.2) is 10.5 Å². The maximum Gasteiger partial charge on any atom is 0.272 e. The number of nitrogens with two attached hydrogens (primary N) is 1. The molecular weight excluding hydrogens is 280 g/mol. The van der Waals surface area contributed by atoms with Gasteiger partial charge < -0.3 is 5.73 Å². The molecule has 3 rings (SSSR count). The highest BCUT2D eigenvalue weighted by Gasteiger charge is 2.19. The first-order chi connectivity index (χ1) is 9.09. The second-order valence-corrected chi connectivity index (χ2v) is 5.98. The van der Waals surface area contributed by atoms with Crippen LogP contribution in [0.1, 0.15) is 15.4 Å². The van der Waals surface area contributed by atoms with Gasteiger partial charge in [-0.3, -0.25) is 9.36 Å². The van der Waals surface area contributed by atoms with Crippen molar-refractivity contribution in [3.8, 4) is 0 Å². The molecule has 3 aromatic rings. The van der Waals surface area contributed by atoms with E-state index in [4.69, 9.17) is 17.3 Å². The van der Waals surface area contributed by atoms with E-state index in [1.165, 1.54) is 11.3 Å². The van der Waals surface area contributed by atoms with Gasteiger partial charge >= 0.3 is 0 Å². The first-order valence-electron chi connectivity index (χ1n) is 5.75. The number of nitrogens with zero attached hydrogens (tertiary/aromatic N) is 1. The van der Waals surface area contributed by atoms with Crippen LogP contribution in [0.15, 0.2) is 36.4 Å². The third-order valence-electron chi connectivity index (χ3n) is 3.15. The summed E-state index contributed by atoms with van der Waals surface area (Å²) in [6.07, 6.45) is 0. The maximum absolute atomic E-state index is 12.6. The molecule has 0 spiro atoms. The Hall–Kier alpha value is -1.78. The van der Waals surface area contributed by atoms with E-state index >= 15 is 0 Å². The van der Waals surface area contributed by atoms with Gasteiger partial charge in [0, 0.05) is 11.1 Å². The van der Waals surface area contributed by atoms with Crippen molar-refractivity contribution in [3.63, 3.8) is 0 Å². The summed E-state index contributed by atoms with van der Waals surface area (Å²) in [6.45, 7) is 1.85. The van der Waals surface area contributed by atoms with Crippen molar-refractivity contribution >= 4 is 45.4 Å². The molecule has 2 N–H and O–H groups in total. The minimum atomic E-state index is -0.0951. The average Bonchev–Trinajstić information content (AvgIpc) is 2.94. The molecule has 5 heteroatoms. The minimum Gasteiger partial charge on any atom is -0.397 e. The first-order valence-corrected chi connectivity index (χ1v) is 6.94. The molecule has 19 heavy (non-hydrogen) atoms. The summed E-state index contributed by atoms with van der Waals surface area (Å²) in [4.78, 5) is 13.2. The van der Waals surface area contributed by atoms with Gasteiger partial charge in [0.15, 0.2) is 0 Å². The highest BCUT2D eigenvalue weighted by atomic mass is 35.5. The number of rotatable bonds is 1. The summed E-state index contributed by atoms with van der Waals surface area (Å²) < 4.78 is 2.25. The van der Waals surface area contributed by atoms with Crippen LogP contribution in [0.5, 0.6) is 0 Å². The van der Waals surface area contributed by atoms with Crippen LogP contribution in [0.3, 0.4) is 0 Å². The Morgan fingerprint density at radius 3 is 2.68 bits per heavy atom. The molecule has 2 heterocycles. The number of thiophene rings is 1. The number of carbonyl (C=O) groups excluding carboxylic acids is 1. The van der Waals surface area contributed by atoms with Crippen LogP contribution in [0.4, 0.5) is 5.69 Å². The summed E-state index contributed by atoms with van der Waals surface area (Å²) in [6, 6.07) is 11.1. The number of nitrogen functional groups attached to an aromatic ring is 1. The third-order valence-corrected chi connectivity index (χ3v) is 4.37. The van der Waals surface area contributed by atoms with Crippen molar-refractivity contribution in [1.29, 1.82) is 0 Å². The Labute approximate surface area is 119 Å². The zero-order valence-corrected chi connectivity index (χ0v) is 11.8. The Bertz CT molecular complexity index is 788. The summed E-state index contributed by atoms with van der Waals surface area (Å²) in [5, 5.41) is 0.899. The van der Waals surface area contributed by atoms with E-state index in [-0.39, 0.29) is 5.91 Å². The van der Waals surface area contributed by atoms with Gasteiger partial charge in [0.25, 0.3) is 5.91 Å². The van der Waals surface area contributed by atoms with E-state index in [2.05, 4.69) is 0 Å². The van der Waals surface area contributed by atoms with Crippen LogP contribution in [0, 0.1) is 6.92 Å². The van der Waals surface area contributed by atoms with Crippen LogP contribution >= 0.6 is 22.9 Å². The molecule has 0 unspecified atom stereocenters. The van der Waals surface area contributed by atoms with Gasteiger partial charge in [0.05, 0.1) is 20.4 Å². The van der Waals surface area contributed by atoms with E-state index in [9.17, 15) is 4.79 Å². The largest absolute Gasteiger partial charge is 0.397 e. The molecule has 0 saturated carbocycles. The second-order valence-electron chi connectivity index (χ2n) is 4.26. The van der Waals surface area contributed by atoms with Crippen molar-refractivity contribution in [2.45, 2.75) is 6.92 Å². The monoisotopic (exact) mass is 290 g/mol. The van der Waals surface area contributed by atoms with Crippen molar-refractivity contribution < 1.29 is 4.79 Å². The normalized spacial score (nSPS) is 11.1. The molecule has 0 amide bonds. The molecule has 0 radical (unpaired) electrons. The van der Waals surface area contributed by atoms with Gasteiger partial charge in [-0.05, 0) is 25.1 Å². The SMILES string of the molecule is Cc1c(N)c2ccccc2n1C(=O)c1ccc(Cl)s1. The summed E-state index contributed by atoms with van der Waals surface area (Å²) in [5.74, 6) is -0.0951. The van der Waals surface area contributed by atoms with E-state index in [0.717, 1.165) is 16.6 Å². The molecule has 2 aromatic heterocycles. The smallest absolute Gasteiger partial charge is 0.272 e. The van der Waals surface area contributed by atoms with Crippen molar-refractivity contribution in [1.82, 2.24) is 4.57 Å². The summed E-state index contributed by atoms with van der Waals surface area (Å²) in [5.41, 5.74) is 8.30. The Morgan fingerprint density at radius 1 is 1.26 bits per heavy atom. The van der Waals surface area contributed by atoms with Gasteiger partial charge in [0.1, 0.15) is 0 Å². The fourth-order valence-electron chi connectivity index (χ4n) is 2.19. The Morgan fingerprint density at radius 2 is 2.00 bits per heavy atom. The van der Waals surface area contributed by atoms with Gasteiger partial charge in [-0.15, -0.1) is 11.3 Å². The maximum atomic E-state index is 12.6. The number of anilines is 1. The number of carbonyl (C=O) groups is 1. The number of aromatic nitrogens is 1. The van der Waals surface area contributed by atoms with E-state index < -0.39 is 0 Å². The molecule has 3 nitrogen and oxygen atoms in total. The zero-order valence-electron chi connectivity index (χ0n) is 10.2. The lowest BCUT2D eigenvalue weighted by Crippen LogP contribution is -2.12. The molecule has 0 saturated heterocycles. The summed E-state index contributed by atoms with van der Waals surface area (Å²) >= 11 is 7.16. The second kappa shape index (κ2) is 4.40. The van der Waals surface area contributed by atoms with Crippen LogP contribution in [-0.2, 0) is 0 Å². The van der Waals surface area contributed by atoms with E-state index in [1.807, 2.05) is 31.2 Å². The molecule has 0 aliphatic rings. The quantitative estimate of drug-likeness (QED) is 0.738. The fraction of sp³-hybridized carbons (Fsp3) is 0.0714. The molecule has 0 aliphatic carbocycles. The van der Waals surface area contributed by atoms with Crippen molar-refractivity contribution in [2.24, 2.45) is 0 Å². The number of halogens is 1. The minimum absolute atomic E-state index is 0.0951. The number of benzene rings is 1. The predicted molar refractivity (Wildman–Crippen MR) is 80.1 cm³/mol. The van der Waals surface area contributed by atoms with Gasteiger partial charge in [-0.1, -0.05) is 29.8 Å². The first kappa shape index (κ1) is 12.3. The molecule has 0 aliphatic heterocycles. The van der Waals surface area contributed by atoms with Gasteiger partial charge in [-0.2, -0.15) is 0 Å². The number of fused-ring (bicyclic) bond motifs is 1. The van der Waals surface area contributed by atoms with Gasteiger partial charge in [-0.25, -0.2) is 0 Å². The molecule has 0 fully saturated rings. The van der Waals surface area contributed by atoms with Crippen LogP contribution in [0.25, 0.3) is 10.9 Å². The van der Waals surface area contributed by atoms with E-state index in [1.54, 1.807) is 16.7 Å². The highest BCUT2D eigenvalue weighted by molar-refractivity contribution is 7.18. The lowest BCUT2D eigenvalue weighted by molar-refractivity contribution is 0.0967. The third kappa shape index (κ3) is 1.84. The number of para-hydroxylation sites is 1. The van der Waals surface area contributed by atoms with Gasteiger partial charge in [0.2, 0.25) is 0 Å². The topological polar surface area (TPSA) is 48.0 Å². The van der Waals surface area contributed by atoms with Crippen molar-refractivity contribution in [2.75, 3.05) is 5.73 Å².